The summed E-state index contributed by atoms with van der Waals surface area (Å²) in [6.07, 6.45) is 0.610. The van der Waals surface area contributed by atoms with Crippen molar-refractivity contribution in [3.05, 3.63) is 35.5 Å². The van der Waals surface area contributed by atoms with E-state index in [9.17, 15) is 19.8 Å². The van der Waals surface area contributed by atoms with Crippen molar-refractivity contribution in [1.29, 1.82) is 0 Å². The number of ether oxygens (including phenoxy) is 2. The van der Waals surface area contributed by atoms with Crippen LogP contribution in [0.1, 0.15) is 40.5 Å². The highest BCUT2D eigenvalue weighted by Gasteiger charge is 2.48. The first-order valence-electron chi connectivity index (χ1n) is 8.97. The lowest BCUT2D eigenvalue weighted by Gasteiger charge is -2.30. The minimum atomic E-state index is -1.12. The molecule has 0 saturated carbocycles. The molecule has 144 valence electrons. The van der Waals surface area contributed by atoms with Crippen LogP contribution in [0.4, 0.5) is 0 Å². The molecule has 1 heterocycles. The summed E-state index contributed by atoms with van der Waals surface area (Å²) >= 11 is 0. The molecule has 1 fully saturated rings. The quantitative estimate of drug-likeness (QED) is 0.452. The topological polar surface area (TPSA) is 93.1 Å². The molecular formula is C20H28O6. The van der Waals surface area contributed by atoms with Gasteiger partial charge < -0.3 is 19.7 Å². The fourth-order valence-electron chi connectivity index (χ4n) is 3.28. The molecular weight excluding hydrogens is 336 g/mol. The molecule has 1 aliphatic heterocycles. The summed E-state index contributed by atoms with van der Waals surface area (Å²) in [5.41, 5.74) is 1.48. The Bertz CT molecular complexity index is 647. The normalized spacial score (nSPS) is 37.5. The van der Waals surface area contributed by atoms with Crippen LogP contribution in [0.25, 0.3) is 0 Å². The van der Waals surface area contributed by atoms with Gasteiger partial charge in [0, 0.05) is 5.57 Å². The van der Waals surface area contributed by atoms with Gasteiger partial charge in [0.05, 0.1) is 17.9 Å². The first-order valence-corrected chi connectivity index (χ1v) is 8.97. The fraction of sp³-hybridized carbons (Fsp3) is 0.600. The van der Waals surface area contributed by atoms with Crippen LogP contribution in [0.2, 0.25) is 0 Å². The van der Waals surface area contributed by atoms with Gasteiger partial charge in [0.25, 0.3) is 0 Å². The molecule has 0 radical (unpaired) electrons. The van der Waals surface area contributed by atoms with E-state index in [4.69, 9.17) is 9.47 Å². The van der Waals surface area contributed by atoms with Crippen LogP contribution < -0.4 is 0 Å². The fourth-order valence-corrected chi connectivity index (χ4v) is 3.28. The Hall–Kier alpha value is -1.92. The Morgan fingerprint density at radius 3 is 2.65 bits per heavy atom. The van der Waals surface area contributed by atoms with Gasteiger partial charge >= 0.3 is 11.9 Å². The lowest BCUT2D eigenvalue weighted by molar-refractivity contribution is -0.155. The minimum absolute atomic E-state index is 0.175. The van der Waals surface area contributed by atoms with Crippen LogP contribution in [0.3, 0.4) is 0 Å². The van der Waals surface area contributed by atoms with E-state index in [1.165, 1.54) is 0 Å². The van der Waals surface area contributed by atoms with Crippen molar-refractivity contribution in [2.45, 2.75) is 65.0 Å². The Morgan fingerprint density at radius 1 is 1.38 bits per heavy atom. The average Bonchev–Trinajstić information content (AvgIpc) is 2.86. The minimum Gasteiger partial charge on any atom is -0.457 e. The van der Waals surface area contributed by atoms with Gasteiger partial charge in [0.1, 0.15) is 18.3 Å². The van der Waals surface area contributed by atoms with Crippen molar-refractivity contribution >= 4 is 11.9 Å². The largest absolute Gasteiger partial charge is 0.457 e. The maximum Gasteiger partial charge on any atom is 0.334 e. The Balaban J connectivity index is 2.46. The van der Waals surface area contributed by atoms with E-state index >= 15 is 0 Å². The Kier molecular flexibility index (Phi) is 6.42. The smallest absolute Gasteiger partial charge is 0.334 e. The van der Waals surface area contributed by atoms with Crippen LogP contribution in [-0.4, -0.2) is 46.6 Å². The molecule has 0 spiro atoms. The van der Waals surface area contributed by atoms with Crippen molar-refractivity contribution in [2.24, 2.45) is 11.8 Å². The maximum absolute atomic E-state index is 12.4. The van der Waals surface area contributed by atoms with Gasteiger partial charge in [-0.2, -0.15) is 0 Å². The van der Waals surface area contributed by atoms with Crippen molar-refractivity contribution < 1.29 is 29.3 Å². The van der Waals surface area contributed by atoms with Crippen LogP contribution in [0.5, 0.6) is 0 Å². The van der Waals surface area contributed by atoms with Gasteiger partial charge in [0.2, 0.25) is 0 Å². The van der Waals surface area contributed by atoms with E-state index in [0.29, 0.717) is 18.4 Å². The molecule has 6 atom stereocenters. The molecule has 0 aromatic heterocycles. The Labute approximate surface area is 154 Å². The second-order valence-electron chi connectivity index (χ2n) is 7.27. The number of aliphatic hydroxyl groups is 2. The zero-order chi connectivity index (χ0) is 19.6. The highest BCUT2D eigenvalue weighted by atomic mass is 16.6. The van der Waals surface area contributed by atoms with Crippen LogP contribution in [0.15, 0.2) is 35.5 Å². The molecule has 0 amide bonds. The van der Waals surface area contributed by atoms with Crippen molar-refractivity contribution in [3.8, 4) is 0 Å². The molecule has 26 heavy (non-hydrogen) atoms. The first kappa shape index (κ1) is 20.4. The third-order valence-corrected chi connectivity index (χ3v) is 5.10. The Morgan fingerprint density at radius 2 is 2.04 bits per heavy atom. The average molecular weight is 364 g/mol. The molecule has 2 N–H and O–H groups in total. The number of hydrogen-bond donors (Lipinski definition) is 2. The van der Waals surface area contributed by atoms with Crippen LogP contribution in [0, 0.1) is 11.8 Å². The molecule has 0 unspecified atom stereocenters. The van der Waals surface area contributed by atoms with Gasteiger partial charge in [-0.05, 0) is 38.3 Å². The van der Waals surface area contributed by atoms with Gasteiger partial charge in [-0.15, -0.1) is 0 Å². The summed E-state index contributed by atoms with van der Waals surface area (Å²) in [5, 5.41) is 20.8. The summed E-state index contributed by atoms with van der Waals surface area (Å²) < 4.78 is 11.0. The number of fused-ring (bicyclic) bond motifs is 1. The number of hydrogen-bond acceptors (Lipinski definition) is 6. The molecule has 0 aromatic rings. The lowest BCUT2D eigenvalue weighted by atomic mass is 9.84. The van der Waals surface area contributed by atoms with E-state index in [2.05, 4.69) is 6.58 Å². The molecule has 0 aromatic carbocycles. The number of carbonyl (C=O) groups is 2. The highest BCUT2D eigenvalue weighted by Crippen LogP contribution is 2.37. The van der Waals surface area contributed by atoms with Gasteiger partial charge in [-0.1, -0.05) is 32.1 Å². The lowest BCUT2D eigenvalue weighted by Crippen LogP contribution is -2.41. The van der Waals surface area contributed by atoms with E-state index in [0.717, 1.165) is 5.57 Å². The summed E-state index contributed by atoms with van der Waals surface area (Å²) in [6.45, 7) is 10.9. The molecule has 0 bridgehead atoms. The monoisotopic (exact) mass is 364 g/mol. The zero-order valence-electron chi connectivity index (χ0n) is 15.8. The van der Waals surface area contributed by atoms with Gasteiger partial charge in [0.15, 0.2) is 0 Å². The van der Waals surface area contributed by atoms with Crippen molar-refractivity contribution in [2.75, 3.05) is 0 Å². The SMILES string of the molecule is C=C1C(=O)O[C@@H]2[C@@H]1[C@H](OC(=O)[C@H](C)CC)/C=C(/C)C[C@H](O)/C=C(/C)[C@H]2O. The van der Waals surface area contributed by atoms with Crippen molar-refractivity contribution in [1.82, 2.24) is 0 Å². The molecule has 2 aliphatic rings. The molecule has 6 nitrogen and oxygen atoms in total. The van der Waals surface area contributed by atoms with E-state index in [1.807, 2.05) is 13.8 Å². The second kappa shape index (κ2) is 8.18. The highest BCUT2D eigenvalue weighted by molar-refractivity contribution is 5.91. The van der Waals surface area contributed by atoms with Gasteiger partial charge in [-0.3, -0.25) is 4.79 Å². The zero-order valence-corrected chi connectivity index (χ0v) is 15.8. The third-order valence-electron chi connectivity index (χ3n) is 5.10. The number of carbonyl (C=O) groups excluding carboxylic acids is 2. The predicted molar refractivity (Wildman–Crippen MR) is 96.0 cm³/mol. The summed E-state index contributed by atoms with van der Waals surface area (Å²) in [5.74, 6) is -1.96. The predicted octanol–water partition coefficient (Wildman–Crippen LogP) is 2.06. The summed E-state index contributed by atoms with van der Waals surface area (Å²) in [6, 6.07) is 0. The van der Waals surface area contributed by atoms with Gasteiger partial charge in [-0.25, -0.2) is 4.79 Å². The molecule has 6 heteroatoms. The van der Waals surface area contributed by atoms with Crippen LogP contribution >= 0.6 is 0 Å². The number of esters is 2. The second-order valence-corrected chi connectivity index (χ2v) is 7.27. The molecule has 1 aliphatic carbocycles. The summed E-state index contributed by atoms with van der Waals surface area (Å²) in [7, 11) is 0. The van der Waals surface area contributed by atoms with Crippen LogP contribution in [-0.2, 0) is 19.1 Å². The maximum atomic E-state index is 12.4. The molecule has 1 saturated heterocycles. The first-order chi connectivity index (χ1) is 12.1. The summed E-state index contributed by atoms with van der Waals surface area (Å²) in [4.78, 5) is 24.5. The third kappa shape index (κ3) is 4.24. The van der Waals surface area contributed by atoms with E-state index < -0.39 is 36.3 Å². The van der Waals surface area contributed by atoms with E-state index in [1.54, 1.807) is 26.0 Å². The van der Waals surface area contributed by atoms with Crippen molar-refractivity contribution in [3.63, 3.8) is 0 Å². The molecule has 2 rings (SSSR count). The standard InChI is InChI=1S/C20H28O6/c1-6-11(3)19(23)25-15-8-10(2)7-14(21)9-12(4)17(22)18-16(15)13(5)20(24)26-18/h8-9,11,14-18,21-22H,5-7H2,1-4H3/b10-8-,12-9-/t11-,14+,15-,16+,17-,18-/m1/s1. The number of rotatable bonds is 3. The number of aliphatic hydroxyl groups excluding tert-OH is 2. The van der Waals surface area contributed by atoms with E-state index in [-0.39, 0.29) is 17.5 Å².